The molecule has 0 radical (unpaired) electrons. The molecule has 0 aliphatic carbocycles. The number of aliphatic hydroxyl groups is 1. The summed E-state index contributed by atoms with van der Waals surface area (Å²) < 4.78 is 5.90. The van der Waals surface area contributed by atoms with Crippen LogP contribution in [0.2, 0.25) is 0 Å². The first-order valence-corrected chi connectivity index (χ1v) is 6.85. The molecule has 1 fully saturated rings. The topological polar surface area (TPSA) is 58.7 Å². The van der Waals surface area contributed by atoms with Crippen LogP contribution in [-0.4, -0.2) is 53.5 Å². The van der Waals surface area contributed by atoms with Gasteiger partial charge in [-0.25, -0.2) is 0 Å². The second-order valence-electron chi connectivity index (χ2n) is 7.26. The van der Waals surface area contributed by atoms with Crippen LogP contribution in [0.5, 0.6) is 0 Å². The van der Waals surface area contributed by atoms with E-state index in [1.165, 1.54) is 0 Å². The molecule has 3 unspecified atom stereocenters. The second-order valence-corrected chi connectivity index (χ2v) is 7.26. The minimum Gasteiger partial charge on any atom is -0.395 e. The van der Waals surface area contributed by atoms with E-state index in [-0.39, 0.29) is 35.8 Å². The number of hydrogen-bond acceptors (Lipinski definition) is 4. The lowest BCUT2D eigenvalue weighted by Gasteiger charge is -2.48. The highest BCUT2D eigenvalue weighted by molar-refractivity contribution is 4.94. The molecule has 0 aromatic rings. The fourth-order valence-corrected chi connectivity index (χ4v) is 2.79. The van der Waals surface area contributed by atoms with Crippen molar-refractivity contribution >= 4 is 0 Å². The molecule has 0 amide bonds. The van der Waals surface area contributed by atoms with Gasteiger partial charge in [-0.1, -0.05) is 20.8 Å². The third kappa shape index (κ3) is 3.92. The maximum Gasteiger partial charge on any atom is 0.0757 e. The van der Waals surface area contributed by atoms with Gasteiger partial charge in [0, 0.05) is 25.2 Å². The lowest BCUT2D eigenvalue weighted by molar-refractivity contribution is -0.145. The molecular formula is C14H30N2O2. The van der Waals surface area contributed by atoms with Crippen LogP contribution in [0.4, 0.5) is 0 Å². The molecule has 1 rings (SSSR count). The monoisotopic (exact) mass is 258 g/mol. The van der Waals surface area contributed by atoms with Crippen LogP contribution in [-0.2, 0) is 4.74 Å². The Labute approximate surface area is 111 Å². The Balaban J connectivity index is 2.82. The summed E-state index contributed by atoms with van der Waals surface area (Å²) in [6.45, 7) is 14.4. The van der Waals surface area contributed by atoms with Crippen LogP contribution in [0.3, 0.4) is 0 Å². The summed E-state index contributed by atoms with van der Waals surface area (Å²) >= 11 is 0. The van der Waals surface area contributed by atoms with E-state index >= 15 is 0 Å². The average molecular weight is 258 g/mol. The van der Waals surface area contributed by atoms with E-state index in [1.807, 2.05) is 0 Å². The Morgan fingerprint density at radius 3 is 2.39 bits per heavy atom. The van der Waals surface area contributed by atoms with Crippen molar-refractivity contribution < 1.29 is 9.84 Å². The lowest BCUT2D eigenvalue weighted by atomic mass is 9.82. The number of nitrogens with zero attached hydrogens (tertiary/aromatic N) is 1. The fraction of sp³-hybridized carbons (Fsp3) is 1.00. The predicted octanol–water partition coefficient (Wildman–Crippen LogP) is 1.22. The molecule has 3 atom stereocenters. The molecule has 1 saturated heterocycles. The maximum absolute atomic E-state index is 9.71. The quantitative estimate of drug-likeness (QED) is 0.799. The van der Waals surface area contributed by atoms with Gasteiger partial charge >= 0.3 is 0 Å². The number of hydrogen-bond donors (Lipinski definition) is 2. The van der Waals surface area contributed by atoms with Gasteiger partial charge in [-0.05, 0) is 26.2 Å². The Morgan fingerprint density at radius 2 is 2.00 bits per heavy atom. The third-order valence-corrected chi connectivity index (χ3v) is 3.67. The SMILES string of the molecule is CC1CN(C(CO)C(N)C(C)(C)C)CC(C)(C)O1. The molecule has 1 aliphatic heterocycles. The van der Waals surface area contributed by atoms with Crippen molar-refractivity contribution in [3.63, 3.8) is 0 Å². The molecule has 18 heavy (non-hydrogen) atoms. The zero-order valence-electron chi connectivity index (χ0n) is 12.7. The van der Waals surface area contributed by atoms with Crippen molar-refractivity contribution in [2.45, 2.75) is 65.3 Å². The molecule has 0 spiro atoms. The zero-order valence-corrected chi connectivity index (χ0v) is 12.7. The van der Waals surface area contributed by atoms with E-state index in [9.17, 15) is 5.11 Å². The molecule has 0 saturated carbocycles. The molecule has 108 valence electrons. The molecule has 0 aromatic carbocycles. The first kappa shape index (κ1) is 15.9. The van der Waals surface area contributed by atoms with Crippen LogP contribution >= 0.6 is 0 Å². The minimum atomic E-state index is -0.178. The highest BCUT2D eigenvalue weighted by atomic mass is 16.5. The third-order valence-electron chi connectivity index (χ3n) is 3.67. The Kier molecular flexibility index (Phi) is 4.81. The Bertz CT molecular complexity index is 273. The van der Waals surface area contributed by atoms with Crippen LogP contribution < -0.4 is 5.73 Å². The fourth-order valence-electron chi connectivity index (χ4n) is 2.79. The Hall–Kier alpha value is -0.160. The van der Waals surface area contributed by atoms with Crippen molar-refractivity contribution in [2.24, 2.45) is 11.1 Å². The summed E-state index contributed by atoms with van der Waals surface area (Å²) in [5, 5.41) is 9.71. The van der Waals surface area contributed by atoms with Gasteiger partial charge in [0.1, 0.15) is 0 Å². The van der Waals surface area contributed by atoms with Gasteiger partial charge in [-0.15, -0.1) is 0 Å². The molecule has 4 nitrogen and oxygen atoms in total. The van der Waals surface area contributed by atoms with Gasteiger partial charge in [0.2, 0.25) is 0 Å². The maximum atomic E-state index is 9.71. The minimum absolute atomic E-state index is 0.00405. The summed E-state index contributed by atoms with van der Waals surface area (Å²) in [5.74, 6) is 0. The first-order chi connectivity index (χ1) is 8.07. The highest BCUT2D eigenvalue weighted by Crippen LogP contribution is 2.27. The predicted molar refractivity (Wildman–Crippen MR) is 74.5 cm³/mol. The second kappa shape index (κ2) is 5.45. The number of rotatable bonds is 3. The van der Waals surface area contributed by atoms with E-state index in [2.05, 4.69) is 46.4 Å². The summed E-state index contributed by atoms with van der Waals surface area (Å²) in [6.07, 6.45) is 0.176. The molecular weight excluding hydrogens is 228 g/mol. The van der Waals surface area contributed by atoms with Gasteiger partial charge in [-0.3, -0.25) is 4.90 Å². The summed E-state index contributed by atoms with van der Waals surface area (Å²) in [5.41, 5.74) is 6.14. The van der Waals surface area contributed by atoms with E-state index in [0.29, 0.717) is 0 Å². The number of ether oxygens (including phenoxy) is 1. The number of aliphatic hydroxyl groups excluding tert-OH is 1. The summed E-state index contributed by atoms with van der Waals surface area (Å²) in [4.78, 5) is 2.28. The van der Waals surface area contributed by atoms with Crippen molar-refractivity contribution in [2.75, 3.05) is 19.7 Å². The largest absolute Gasteiger partial charge is 0.395 e. The van der Waals surface area contributed by atoms with Crippen LogP contribution in [0.1, 0.15) is 41.5 Å². The van der Waals surface area contributed by atoms with Crippen molar-refractivity contribution in [1.29, 1.82) is 0 Å². The molecule has 1 heterocycles. The normalized spacial score (nSPS) is 29.0. The summed E-state index contributed by atoms with van der Waals surface area (Å²) in [7, 11) is 0. The molecule has 1 aliphatic rings. The Morgan fingerprint density at radius 1 is 1.44 bits per heavy atom. The van der Waals surface area contributed by atoms with E-state index in [1.54, 1.807) is 0 Å². The van der Waals surface area contributed by atoms with Crippen LogP contribution in [0.15, 0.2) is 0 Å². The van der Waals surface area contributed by atoms with E-state index in [4.69, 9.17) is 10.5 Å². The van der Waals surface area contributed by atoms with E-state index < -0.39 is 0 Å². The van der Waals surface area contributed by atoms with Gasteiger partial charge in [0.25, 0.3) is 0 Å². The van der Waals surface area contributed by atoms with Crippen molar-refractivity contribution in [1.82, 2.24) is 4.90 Å². The molecule has 4 heteroatoms. The van der Waals surface area contributed by atoms with Gasteiger partial charge < -0.3 is 15.6 Å². The standard InChI is InChI=1S/C14H30N2O2/c1-10-7-16(9-14(5,6)18-10)11(8-17)12(15)13(2,3)4/h10-12,17H,7-9,15H2,1-6H3. The summed E-state index contributed by atoms with van der Waals surface area (Å²) in [6, 6.07) is -0.0563. The van der Waals surface area contributed by atoms with E-state index in [0.717, 1.165) is 13.1 Å². The molecule has 3 N–H and O–H groups in total. The molecule has 0 aromatic heterocycles. The smallest absolute Gasteiger partial charge is 0.0757 e. The number of morpholine rings is 1. The van der Waals surface area contributed by atoms with Crippen LogP contribution in [0, 0.1) is 5.41 Å². The zero-order chi connectivity index (χ0) is 14.1. The van der Waals surface area contributed by atoms with Gasteiger partial charge in [-0.2, -0.15) is 0 Å². The lowest BCUT2D eigenvalue weighted by Crippen LogP contribution is -2.62. The van der Waals surface area contributed by atoms with Crippen molar-refractivity contribution in [3.05, 3.63) is 0 Å². The van der Waals surface area contributed by atoms with Gasteiger partial charge in [0.15, 0.2) is 0 Å². The highest BCUT2D eigenvalue weighted by Gasteiger charge is 2.39. The van der Waals surface area contributed by atoms with Crippen molar-refractivity contribution in [3.8, 4) is 0 Å². The molecule has 0 bridgehead atoms. The average Bonchev–Trinajstić information content (AvgIpc) is 2.13. The first-order valence-electron chi connectivity index (χ1n) is 6.85. The number of nitrogens with two attached hydrogens (primary N) is 1. The van der Waals surface area contributed by atoms with Crippen LogP contribution in [0.25, 0.3) is 0 Å². The van der Waals surface area contributed by atoms with Gasteiger partial charge in [0.05, 0.1) is 18.3 Å².